The fourth-order valence-electron chi connectivity index (χ4n) is 3.65. The highest BCUT2D eigenvalue weighted by molar-refractivity contribution is 7.90. The van der Waals surface area contributed by atoms with Crippen molar-refractivity contribution in [2.24, 2.45) is 0 Å². The topological polar surface area (TPSA) is 95.8 Å². The van der Waals surface area contributed by atoms with Crippen LogP contribution in [0, 0.1) is 10.1 Å². The Hall–Kier alpha value is -2.65. The fraction of sp³-hybridized carbons (Fsp3) is 0.400. The molecule has 1 atom stereocenters. The molecule has 1 unspecified atom stereocenters. The van der Waals surface area contributed by atoms with Gasteiger partial charge in [0.2, 0.25) is 0 Å². The summed E-state index contributed by atoms with van der Waals surface area (Å²) in [6, 6.07) is 14.6. The van der Waals surface area contributed by atoms with Crippen molar-refractivity contribution in [2.75, 3.05) is 49.2 Å². The zero-order valence-electron chi connectivity index (χ0n) is 16.6. The molecule has 0 spiro atoms. The van der Waals surface area contributed by atoms with Gasteiger partial charge in [0.1, 0.15) is 10.6 Å². The molecular formula is C20H26N4O4S. The normalized spacial score (nSPS) is 16.4. The smallest absolute Gasteiger partial charge is 0.310 e. The minimum atomic E-state index is -3.69. The average Bonchev–Trinajstić information content (AvgIpc) is 2.68. The molecule has 1 N–H and O–H groups in total. The monoisotopic (exact) mass is 418 g/mol. The van der Waals surface area contributed by atoms with Gasteiger partial charge in [0.25, 0.3) is 0 Å². The first-order chi connectivity index (χ1) is 13.8. The Morgan fingerprint density at radius 2 is 1.72 bits per heavy atom. The third kappa shape index (κ3) is 5.24. The summed E-state index contributed by atoms with van der Waals surface area (Å²) < 4.78 is 23.8. The Morgan fingerprint density at radius 1 is 1.07 bits per heavy atom. The maximum absolute atomic E-state index is 11.9. The number of sulfone groups is 1. The van der Waals surface area contributed by atoms with E-state index in [-0.39, 0.29) is 16.6 Å². The van der Waals surface area contributed by atoms with E-state index in [1.165, 1.54) is 17.8 Å². The Balaban J connectivity index is 1.63. The zero-order valence-corrected chi connectivity index (χ0v) is 17.4. The van der Waals surface area contributed by atoms with Crippen LogP contribution in [0.4, 0.5) is 17.1 Å². The van der Waals surface area contributed by atoms with Gasteiger partial charge in [-0.05, 0) is 31.2 Å². The quantitative estimate of drug-likeness (QED) is 0.545. The van der Waals surface area contributed by atoms with Gasteiger partial charge < -0.3 is 10.2 Å². The average molecular weight is 419 g/mol. The van der Waals surface area contributed by atoms with Gasteiger partial charge in [-0.15, -0.1) is 0 Å². The van der Waals surface area contributed by atoms with Gasteiger partial charge in [0, 0.05) is 50.7 Å². The number of benzene rings is 2. The summed E-state index contributed by atoms with van der Waals surface area (Å²) in [5, 5.41) is 14.6. The second-order valence-electron chi connectivity index (χ2n) is 7.35. The Kier molecular flexibility index (Phi) is 6.39. The van der Waals surface area contributed by atoms with E-state index < -0.39 is 20.4 Å². The molecule has 0 aromatic heterocycles. The van der Waals surface area contributed by atoms with Gasteiger partial charge in [-0.25, -0.2) is 8.42 Å². The van der Waals surface area contributed by atoms with Crippen LogP contribution in [-0.4, -0.2) is 63.3 Å². The molecule has 0 aliphatic carbocycles. The number of nitro groups is 1. The summed E-state index contributed by atoms with van der Waals surface area (Å²) in [6.07, 6.45) is 0.981. The third-order valence-electron chi connectivity index (χ3n) is 5.01. The van der Waals surface area contributed by atoms with Gasteiger partial charge in [0.05, 0.1) is 4.92 Å². The highest BCUT2D eigenvalue weighted by Crippen LogP contribution is 2.32. The molecule has 0 radical (unpaired) electrons. The van der Waals surface area contributed by atoms with E-state index in [1.54, 1.807) is 6.07 Å². The van der Waals surface area contributed by atoms with Gasteiger partial charge in [-0.2, -0.15) is 0 Å². The summed E-state index contributed by atoms with van der Waals surface area (Å²) in [6.45, 7) is 6.28. The molecule has 8 nitrogen and oxygen atoms in total. The first kappa shape index (κ1) is 21.1. The van der Waals surface area contributed by atoms with E-state index in [0.717, 1.165) is 32.4 Å². The number of anilines is 2. The first-order valence-electron chi connectivity index (χ1n) is 9.52. The minimum absolute atomic E-state index is 0.0771. The number of nitrogens with one attached hydrogen (secondary N) is 1. The predicted octanol–water partition coefficient (Wildman–Crippen LogP) is 2.62. The lowest BCUT2D eigenvalue weighted by Gasteiger charge is -2.37. The number of hydrogen-bond acceptors (Lipinski definition) is 7. The van der Waals surface area contributed by atoms with E-state index in [0.29, 0.717) is 6.54 Å². The molecule has 2 aromatic rings. The molecule has 1 saturated heterocycles. The molecule has 1 heterocycles. The Morgan fingerprint density at radius 3 is 2.31 bits per heavy atom. The second kappa shape index (κ2) is 8.79. The van der Waals surface area contributed by atoms with Crippen LogP contribution in [-0.2, 0) is 9.84 Å². The highest BCUT2D eigenvalue weighted by atomic mass is 32.2. The molecule has 0 amide bonds. The number of para-hydroxylation sites is 2. The zero-order chi connectivity index (χ0) is 21.0. The molecule has 1 aliphatic heterocycles. The van der Waals surface area contributed by atoms with Crippen molar-refractivity contribution in [3.8, 4) is 0 Å². The molecule has 156 valence electrons. The van der Waals surface area contributed by atoms with E-state index in [1.807, 2.05) is 25.1 Å². The predicted molar refractivity (Wildman–Crippen MR) is 114 cm³/mol. The maximum Gasteiger partial charge on any atom is 0.310 e. The van der Waals surface area contributed by atoms with E-state index in [2.05, 4.69) is 27.2 Å². The van der Waals surface area contributed by atoms with Gasteiger partial charge in [-0.3, -0.25) is 15.0 Å². The lowest BCUT2D eigenvalue weighted by Crippen LogP contribution is -2.49. The number of rotatable bonds is 7. The van der Waals surface area contributed by atoms with Crippen LogP contribution in [0.15, 0.2) is 53.4 Å². The van der Waals surface area contributed by atoms with Crippen LogP contribution >= 0.6 is 0 Å². The highest BCUT2D eigenvalue weighted by Gasteiger charge is 2.27. The molecule has 3 rings (SSSR count). The molecule has 9 heteroatoms. The van der Waals surface area contributed by atoms with Crippen LogP contribution in [0.3, 0.4) is 0 Å². The lowest BCUT2D eigenvalue weighted by molar-refractivity contribution is -0.386. The van der Waals surface area contributed by atoms with Gasteiger partial charge in [0.15, 0.2) is 9.84 Å². The molecule has 1 aliphatic rings. The number of piperazine rings is 1. The van der Waals surface area contributed by atoms with Crippen LogP contribution < -0.4 is 10.2 Å². The molecule has 2 aromatic carbocycles. The van der Waals surface area contributed by atoms with Crippen molar-refractivity contribution >= 4 is 26.9 Å². The molecule has 0 bridgehead atoms. The van der Waals surface area contributed by atoms with Crippen molar-refractivity contribution in [1.29, 1.82) is 0 Å². The van der Waals surface area contributed by atoms with Crippen LogP contribution in [0.1, 0.15) is 6.92 Å². The van der Waals surface area contributed by atoms with Crippen molar-refractivity contribution < 1.29 is 13.3 Å². The molecular weight excluding hydrogens is 392 g/mol. The van der Waals surface area contributed by atoms with Crippen LogP contribution in [0.2, 0.25) is 0 Å². The van der Waals surface area contributed by atoms with Gasteiger partial charge in [-0.1, -0.05) is 24.3 Å². The third-order valence-corrected chi connectivity index (χ3v) is 6.14. The van der Waals surface area contributed by atoms with Crippen LogP contribution in [0.25, 0.3) is 0 Å². The Bertz CT molecular complexity index is 958. The van der Waals surface area contributed by atoms with E-state index >= 15 is 0 Å². The largest absolute Gasteiger partial charge is 0.376 e. The maximum atomic E-state index is 11.9. The summed E-state index contributed by atoms with van der Waals surface area (Å²) in [4.78, 5) is 15.3. The molecule has 1 fully saturated rings. The number of nitrogens with zero attached hydrogens (tertiary/aromatic N) is 3. The number of hydrogen-bond donors (Lipinski definition) is 1. The number of nitro benzene ring substituents is 1. The van der Waals surface area contributed by atoms with E-state index in [4.69, 9.17) is 0 Å². The van der Waals surface area contributed by atoms with Crippen molar-refractivity contribution in [1.82, 2.24) is 4.90 Å². The summed E-state index contributed by atoms with van der Waals surface area (Å²) in [5.74, 6) is 0. The second-order valence-corrected chi connectivity index (χ2v) is 9.33. The minimum Gasteiger partial charge on any atom is -0.376 e. The summed E-state index contributed by atoms with van der Waals surface area (Å²) in [5.41, 5.74) is 1.05. The summed E-state index contributed by atoms with van der Waals surface area (Å²) in [7, 11) is -3.69. The van der Waals surface area contributed by atoms with Crippen molar-refractivity contribution in [3.63, 3.8) is 0 Å². The van der Waals surface area contributed by atoms with Crippen LogP contribution in [0.5, 0.6) is 0 Å². The van der Waals surface area contributed by atoms with Crippen molar-refractivity contribution in [2.45, 2.75) is 17.9 Å². The Labute approximate surface area is 171 Å². The SMILES string of the molecule is CC(CN1CCN(c2ccccc2)CC1)Nc1cccc(S(C)(=O)=O)c1[N+](=O)[O-]. The van der Waals surface area contributed by atoms with Crippen molar-refractivity contribution in [3.05, 3.63) is 58.6 Å². The molecule has 29 heavy (non-hydrogen) atoms. The molecule has 0 saturated carbocycles. The van der Waals surface area contributed by atoms with Gasteiger partial charge >= 0.3 is 5.69 Å². The lowest BCUT2D eigenvalue weighted by atomic mass is 10.2. The summed E-state index contributed by atoms with van der Waals surface area (Å²) >= 11 is 0. The fourth-order valence-corrected chi connectivity index (χ4v) is 4.51. The first-order valence-corrected chi connectivity index (χ1v) is 11.4. The van der Waals surface area contributed by atoms with E-state index in [9.17, 15) is 18.5 Å². The standard InChI is InChI=1S/C20H26N4O4S/c1-16(15-22-11-13-23(14-12-22)17-7-4-3-5-8-17)21-18-9-6-10-19(29(2,27)28)20(18)24(25)26/h3-10,16,21H,11-15H2,1-2H3.